The lowest BCUT2D eigenvalue weighted by Gasteiger charge is -2.09. The van der Waals surface area contributed by atoms with E-state index >= 15 is 0 Å². The number of carbonyl (C=O) groups is 1. The van der Waals surface area contributed by atoms with Gasteiger partial charge in [0.2, 0.25) is 5.91 Å². The number of anilines is 1. The van der Waals surface area contributed by atoms with E-state index in [0.717, 1.165) is 0 Å². The molecule has 1 N–H and O–H groups in total. The molecule has 0 saturated heterocycles. The van der Waals surface area contributed by atoms with Gasteiger partial charge in [-0.25, -0.2) is 8.42 Å². The molecule has 0 radical (unpaired) electrons. The Hall–Kier alpha value is -1.59. The summed E-state index contributed by atoms with van der Waals surface area (Å²) in [6.45, 7) is 1.39. The predicted molar refractivity (Wildman–Crippen MR) is 71.3 cm³/mol. The highest BCUT2D eigenvalue weighted by Crippen LogP contribution is 2.31. The third kappa shape index (κ3) is 2.47. The molecule has 0 aliphatic carbocycles. The van der Waals surface area contributed by atoms with E-state index in [1.54, 1.807) is 24.3 Å². The average Bonchev–Trinajstić information content (AvgIpc) is 2.27. The number of hydrogen-bond donors (Lipinski definition) is 1. The van der Waals surface area contributed by atoms with Crippen LogP contribution in [0.1, 0.15) is 6.92 Å². The summed E-state index contributed by atoms with van der Waals surface area (Å²) < 4.78 is 22.9. The van der Waals surface area contributed by atoms with E-state index in [9.17, 15) is 13.2 Å². The fourth-order valence-electron chi connectivity index (χ4n) is 1.78. The normalized spacial score (nSPS) is 11.4. The highest BCUT2D eigenvalue weighted by Gasteiger charge is 2.15. The average molecular weight is 284 g/mol. The molecule has 2 aromatic carbocycles. The summed E-state index contributed by atoms with van der Waals surface area (Å²) in [5, 5.41) is 3.77. The topological polar surface area (TPSA) is 63.2 Å². The largest absolute Gasteiger partial charge is 0.326 e. The highest BCUT2D eigenvalue weighted by atomic mass is 35.7. The van der Waals surface area contributed by atoms with Gasteiger partial charge in [-0.2, -0.15) is 0 Å². The Morgan fingerprint density at radius 2 is 1.72 bits per heavy atom. The van der Waals surface area contributed by atoms with E-state index in [1.807, 2.05) is 0 Å². The summed E-state index contributed by atoms with van der Waals surface area (Å²) in [5.41, 5.74) is 0.558. The second-order valence-electron chi connectivity index (χ2n) is 3.78. The molecular weight excluding hydrogens is 274 g/mol. The van der Waals surface area contributed by atoms with Gasteiger partial charge in [0.1, 0.15) is 0 Å². The molecule has 0 heterocycles. The quantitative estimate of drug-likeness (QED) is 0.862. The van der Waals surface area contributed by atoms with Crippen molar-refractivity contribution in [1.29, 1.82) is 0 Å². The zero-order valence-electron chi connectivity index (χ0n) is 9.48. The Morgan fingerprint density at radius 3 is 2.28 bits per heavy atom. The molecule has 4 nitrogen and oxygen atoms in total. The summed E-state index contributed by atoms with van der Waals surface area (Å²) in [6, 6.07) is 9.76. The van der Waals surface area contributed by atoms with Gasteiger partial charge in [0.25, 0.3) is 9.05 Å². The monoisotopic (exact) mass is 283 g/mol. The van der Waals surface area contributed by atoms with Gasteiger partial charge in [0.15, 0.2) is 0 Å². The summed E-state index contributed by atoms with van der Waals surface area (Å²) in [5.74, 6) is -0.221. The van der Waals surface area contributed by atoms with Crippen molar-refractivity contribution in [3.8, 4) is 0 Å². The van der Waals surface area contributed by atoms with Crippen LogP contribution in [0.15, 0.2) is 41.3 Å². The van der Waals surface area contributed by atoms with E-state index in [-0.39, 0.29) is 10.8 Å². The molecule has 2 aromatic rings. The number of hydrogen-bond acceptors (Lipinski definition) is 3. The van der Waals surface area contributed by atoms with Crippen molar-refractivity contribution in [3.05, 3.63) is 36.4 Å². The Bertz CT molecular complexity index is 725. The first-order valence-electron chi connectivity index (χ1n) is 5.13. The van der Waals surface area contributed by atoms with E-state index in [1.165, 1.54) is 19.1 Å². The SMILES string of the molecule is CC(=O)Nc1ccc(S(=O)(=O)Cl)c2ccccc12. The van der Waals surface area contributed by atoms with Crippen LogP contribution in [-0.4, -0.2) is 14.3 Å². The van der Waals surface area contributed by atoms with Crippen molar-refractivity contribution in [2.75, 3.05) is 5.32 Å². The zero-order valence-corrected chi connectivity index (χ0v) is 11.0. The highest BCUT2D eigenvalue weighted by molar-refractivity contribution is 8.14. The van der Waals surface area contributed by atoms with Gasteiger partial charge in [-0.3, -0.25) is 4.79 Å². The second kappa shape index (κ2) is 4.59. The Labute approximate surface area is 109 Å². The Kier molecular flexibility index (Phi) is 3.28. The first kappa shape index (κ1) is 12.9. The first-order valence-corrected chi connectivity index (χ1v) is 7.44. The number of nitrogens with one attached hydrogen (secondary N) is 1. The molecule has 0 bridgehead atoms. The van der Waals surface area contributed by atoms with Crippen molar-refractivity contribution < 1.29 is 13.2 Å². The lowest BCUT2D eigenvalue weighted by molar-refractivity contribution is -0.114. The number of halogens is 1. The minimum absolute atomic E-state index is 0.0360. The number of fused-ring (bicyclic) bond motifs is 1. The molecular formula is C12H10ClNO3S. The third-order valence-corrected chi connectivity index (χ3v) is 3.84. The van der Waals surface area contributed by atoms with E-state index in [0.29, 0.717) is 16.5 Å². The van der Waals surface area contributed by atoms with Crippen molar-refractivity contribution in [2.45, 2.75) is 11.8 Å². The summed E-state index contributed by atoms with van der Waals surface area (Å²) in [6.07, 6.45) is 0. The van der Waals surface area contributed by atoms with Gasteiger partial charge in [-0.1, -0.05) is 24.3 Å². The number of benzene rings is 2. The Balaban J connectivity index is 2.78. The van der Waals surface area contributed by atoms with E-state index < -0.39 is 9.05 Å². The fraction of sp³-hybridized carbons (Fsp3) is 0.0833. The standard InChI is InChI=1S/C12H10ClNO3S/c1-8(15)14-11-6-7-12(18(13,16)17)10-5-3-2-4-9(10)11/h2-7H,1H3,(H,14,15). The van der Waals surface area contributed by atoms with Gasteiger partial charge in [-0.15, -0.1) is 0 Å². The molecule has 0 aromatic heterocycles. The van der Waals surface area contributed by atoms with Crippen molar-refractivity contribution in [2.24, 2.45) is 0 Å². The maximum absolute atomic E-state index is 11.5. The van der Waals surface area contributed by atoms with Crippen molar-refractivity contribution >= 4 is 42.1 Å². The molecule has 0 spiro atoms. The lowest BCUT2D eigenvalue weighted by Crippen LogP contribution is -2.06. The van der Waals surface area contributed by atoms with Gasteiger partial charge in [0, 0.05) is 34.1 Å². The summed E-state index contributed by atoms with van der Waals surface area (Å²) in [7, 11) is 1.57. The molecule has 94 valence electrons. The lowest BCUT2D eigenvalue weighted by atomic mass is 10.1. The van der Waals surface area contributed by atoms with Crippen LogP contribution in [0, 0.1) is 0 Å². The van der Waals surface area contributed by atoms with E-state index in [2.05, 4.69) is 5.32 Å². The van der Waals surface area contributed by atoms with Crippen LogP contribution in [-0.2, 0) is 13.8 Å². The molecule has 0 saturated carbocycles. The van der Waals surface area contributed by atoms with Crippen LogP contribution in [0.25, 0.3) is 10.8 Å². The number of amides is 1. The second-order valence-corrected chi connectivity index (χ2v) is 6.31. The van der Waals surface area contributed by atoms with Gasteiger partial charge in [0.05, 0.1) is 4.90 Å². The van der Waals surface area contributed by atoms with Crippen LogP contribution in [0.4, 0.5) is 5.69 Å². The third-order valence-electron chi connectivity index (χ3n) is 2.46. The van der Waals surface area contributed by atoms with Crippen molar-refractivity contribution in [1.82, 2.24) is 0 Å². The molecule has 1 amide bonds. The van der Waals surface area contributed by atoms with Crippen LogP contribution in [0.2, 0.25) is 0 Å². The Morgan fingerprint density at radius 1 is 1.11 bits per heavy atom. The fourth-order valence-corrected chi connectivity index (χ4v) is 2.86. The molecule has 0 aliphatic heterocycles. The molecule has 0 fully saturated rings. The maximum Gasteiger partial charge on any atom is 0.261 e. The smallest absolute Gasteiger partial charge is 0.261 e. The summed E-state index contributed by atoms with van der Waals surface area (Å²) in [4.78, 5) is 11.1. The van der Waals surface area contributed by atoms with Gasteiger partial charge in [-0.05, 0) is 12.1 Å². The van der Waals surface area contributed by atoms with Gasteiger partial charge >= 0.3 is 0 Å². The summed E-state index contributed by atoms with van der Waals surface area (Å²) >= 11 is 0. The molecule has 0 atom stereocenters. The minimum Gasteiger partial charge on any atom is -0.326 e. The molecule has 0 aliphatic rings. The van der Waals surface area contributed by atoms with E-state index in [4.69, 9.17) is 10.7 Å². The number of carbonyl (C=O) groups excluding carboxylic acids is 1. The van der Waals surface area contributed by atoms with Crippen molar-refractivity contribution in [3.63, 3.8) is 0 Å². The van der Waals surface area contributed by atoms with Crippen LogP contribution >= 0.6 is 10.7 Å². The number of rotatable bonds is 2. The van der Waals surface area contributed by atoms with Crippen LogP contribution in [0.5, 0.6) is 0 Å². The van der Waals surface area contributed by atoms with Gasteiger partial charge < -0.3 is 5.32 Å². The predicted octanol–water partition coefficient (Wildman–Crippen LogP) is 2.73. The first-order chi connectivity index (χ1) is 8.39. The molecule has 2 rings (SSSR count). The van der Waals surface area contributed by atoms with Crippen LogP contribution < -0.4 is 5.32 Å². The maximum atomic E-state index is 11.5. The zero-order chi connectivity index (χ0) is 13.3. The molecule has 0 unspecified atom stereocenters. The minimum atomic E-state index is -3.82. The van der Waals surface area contributed by atoms with Crippen LogP contribution in [0.3, 0.4) is 0 Å². The molecule has 18 heavy (non-hydrogen) atoms. The molecule has 6 heteroatoms.